The summed E-state index contributed by atoms with van der Waals surface area (Å²) in [4.78, 5) is 13.0. The number of aliphatic imine (C=N–C) groups is 1. The number of phenols is 1. The van der Waals surface area contributed by atoms with E-state index in [9.17, 15) is 5.11 Å². The maximum absolute atomic E-state index is 10.5. The lowest BCUT2D eigenvalue weighted by Gasteiger charge is -2.36. The zero-order chi connectivity index (χ0) is 34.1. The van der Waals surface area contributed by atoms with Gasteiger partial charge in [0.15, 0.2) is 5.58 Å². The summed E-state index contributed by atoms with van der Waals surface area (Å²) in [5, 5.41) is 10.5. The Bertz CT molecular complexity index is 2220. The second-order valence-corrected chi connectivity index (χ2v) is 15.6. The van der Waals surface area contributed by atoms with E-state index in [1.54, 1.807) is 12.1 Å². The summed E-state index contributed by atoms with van der Waals surface area (Å²) in [6.45, 7) is 13.8. The van der Waals surface area contributed by atoms with Gasteiger partial charge in [0.1, 0.15) is 17.1 Å². The second-order valence-electron chi connectivity index (χ2n) is 15.6. The average molecular weight is 646 g/mol. The highest BCUT2D eigenvalue weighted by molar-refractivity contribution is 6.13. The molecule has 5 nitrogen and oxygen atoms in total. The number of nitrogens with zero attached hydrogens (tertiary/aromatic N) is 3. The largest absolute Gasteiger partial charge is 0.507 e. The second kappa shape index (κ2) is 11.5. The summed E-state index contributed by atoms with van der Waals surface area (Å²) in [6.07, 6.45) is 2.07. The van der Waals surface area contributed by atoms with Crippen molar-refractivity contribution in [3.63, 3.8) is 0 Å². The molecule has 2 heterocycles. The van der Waals surface area contributed by atoms with Crippen molar-refractivity contribution >= 4 is 22.6 Å². The van der Waals surface area contributed by atoms with Crippen LogP contribution in [-0.4, -0.2) is 22.0 Å². The van der Waals surface area contributed by atoms with Crippen LogP contribution in [0.2, 0.25) is 0 Å². The van der Waals surface area contributed by atoms with Crippen molar-refractivity contribution < 1.29 is 9.52 Å². The van der Waals surface area contributed by atoms with E-state index < -0.39 is 0 Å². The molecule has 1 aliphatic heterocycles. The Morgan fingerprint density at radius 2 is 1.39 bits per heavy atom. The van der Waals surface area contributed by atoms with E-state index in [1.807, 2.05) is 24.3 Å². The van der Waals surface area contributed by atoms with E-state index in [1.165, 1.54) is 27.9 Å². The number of oxazole rings is 1. The van der Waals surface area contributed by atoms with Crippen molar-refractivity contribution in [2.75, 3.05) is 4.90 Å². The number of phenolic OH excluding ortho intramolecular Hbond substituents is 1. The van der Waals surface area contributed by atoms with Gasteiger partial charge < -0.3 is 14.4 Å². The van der Waals surface area contributed by atoms with Crippen molar-refractivity contribution in [2.24, 2.45) is 4.99 Å². The van der Waals surface area contributed by atoms with Crippen LogP contribution in [0, 0.1) is 0 Å². The molecule has 0 bridgehead atoms. The van der Waals surface area contributed by atoms with Crippen LogP contribution in [0.15, 0.2) is 119 Å². The molecule has 5 aromatic carbocycles. The Labute approximate surface area is 289 Å². The fourth-order valence-electron chi connectivity index (χ4n) is 7.42. The van der Waals surface area contributed by atoms with E-state index in [0.717, 1.165) is 40.9 Å². The van der Waals surface area contributed by atoms with Crippen LogP contribution in [-0.2, 0) is 17.3 Å². The molecule has 0 amide bonds. The predicted octanol–water partition coefficient (Wildman–Crippen LogP) is 10.8. The fraction of sp³-hybridized carbons (Fsp3) is 0.273. The number of rotatable bonds is 4. The molecule has 1 unspecified atom stereocenters. The van der Waals surface area contributed by atoms with Crippen molar-refractivity contribution in [3.05, 3.63) is 137 Å². The standard InChI is InChI=1S/C44H43N3O2/c1-43(2,3)30-24-31(44(4,5)6)26-32(25-30)47-36-22-21-27-13-7-8-16-33(27)39(36)45-41(47)29-15-11-14-28(23-29)34-18-12-20-38-40(34)46-42(49-38)35-17-9-10-19-37(35)48/h7-20,23-26,36,39,48H,21-22H2,1-6H3/t36?,39-/m0/s1. The van der Waals surface area contributed by atoms with Crippen molar-refractivity contribution in [3.8, 4) is 28.3 Å². The van der Waals surface area contributed by atoms with Crippen molar-refractivity contribution in [1.82, 2.24) is 4.98 Å². The van der Waals surface area contributed by atoms with Crippen LogP contribution in [0.5, 0.6) is 5.75 Å². The summed E-state index contributed by atoms with van der Waals surface area (Å²) in [6, 6.07) is 38.2. The van der Waals surface area contributed by atoms with E-state index >= 15 is 0 Å². The Balaban J connectivity index is 1.28. The lowest BCUT2D eigenvalue weighted by atomic mass is 9.79. The molecule has 2 atom stereocenters. The van der Waals surface area contributed by atoms with Gasteiger partial charge >= 0.3 is 0 Å². The molecule has 2 aliphatic rings. The summed E-state index contributed by atoms with van der Waals surface area (Å²) in [7, 11) is 0. The Hall–Kier alpha value is -5.16. The molecule has 49 heavy (non-hydrogen) atoms. The molecule has 0 radical (unpaired) electrons. The monoisotopic (exact) mass is 645 g/mol. The lowest BCUT2D eigenvalue weighted by Crippen LogP contribution is -2.40. The van der Waals surface area contributed by atoms with Gasteiger partial charge in [0.2, 0.25) is 5.89 Å². The number of aromatic hydroxyl groups is 1. The molecule has 5 heteroatoms. The maximum Gasteiger partial charge on any atom is 0.231 e. The van der Waals surface area contributed by atoms with Crippen molar-refractivity contribution in [2.45, 2.75) is 77.3 Å². The Kier molecular flexibility index (Phi) is 7.29. The molecule has 1 aromatic heterocycles. The van der Waals surface area contributed by atoms with Gasteiger partial charge in [-0.05, 0) is 87.9 Å². The van der Waals surface area contributed by atoms with Crippen LogP contribution >= 0.6 is 0 Å². The van der Waals surface area contributed by atoms with E-state index in [0.29, 0.717) is 17.0 Å². The van der Waals surface area contributed by atoms with E-state index in [-0.39, 0.29) is 28.7 Å². The van der Waals surface area contributed by atoms with Crippen LogP contribution in [0.4, 0.5) is 5.69 Å². The van der Waals surface area contributed by atoms with Gasteiger partial charge in [-0.1, -0.05) is 114 Å². The number of para-hydroxylation sites is 2. The first-order valence-corrected chi connectivity index (χ1v) is 17.4. The van der Waals surface area contributed by atoms with Crippen molar-refractivity contribution in [1.29, 1.82) is 0 Å². The van der Waals surface area contributed by atoms with Gasteiger partial charge in [-0.15, -0.1) is 0 Å². The quantitative estimate of drug-likeness (QED) is 0.207. The smallest absolute Gasteiger partial charge is 0.231 e. The molecule has 1 aliphatic carbocycles. The fourth-order valence-corrected chi connectivity index (χ4v) is 7.42. The molecule has 8 rings (SSSR count). The Morgan fingerprint density at radius 3 is 2.14 bits per heavy atom. The van der Waals surface area contributed by atoms with Gasteiger partial charge in [0.25, 0.3) is 0 Å². The lowest BCUT2D eigenvalue weighted by molar-refractivity contribution is 0.474. The number of amidine groups is 1. The first-order chi connectivity index (χ1) is 23.5. The zero-order valence-electron chi connectivity index (χ0n) is 29.2. The number of hydrogen-bond donors (Lipinski definition) is 1. The molecular formula is C44H43N3O2. The molecule has 0 fully saturated rings. The summed E-state index contributed by atoms with van der Waals surface area (Å²) in [5.74, 6) is 1.55. The third kappa shape index (κ3) is 5.51. The van der Waals surface area contributed by atoms with Gasteiger partial charge in [-0.25, -0.2) is 4.98 Å². The highest BCUT2D eigenvalue weighted by Gasteiger charge is 2.42. The number of aryl methyl sites for hydroxylation is 1. The maximum atomic E-state index is 10.5. The number of aromatic nitrogens is 1. The first kappa shape index (κ1) is 31.1. The molecule has 1 N–H and O–H groups in total. The average Bonchev–Trinajstić information content (AvgIpc) is 3.70. The molecule has 0 saturated heterocycles. The van der Waals surface area contributed by atoms with Crippen LogP contribution < -0.4 is 4.90 Å². The molecule has 6 aromatic rings. The van der Waals surface area contributed by atoms with Gasteiger partial charge in [-0.3, -0.25) is 4.99 Å². The predicted molar refractivity (Wildman–Crippen MR) is 201 cm³/mol. The number of fused-ring (bicyclic) bond motifs is 4. The minimum absolute atomic E-state index is 0.00279. The number of benzene rings is 5. The number of hydrogen-bond acceptors (Lipinski definition) is 5. The highest BCUT2D eigenvalue weighted by atomic mass is 16.3. The highest BCUT2D eigenvalue weighted by Crippen LogP contribution is 2.45. The summed E-state index contributed by atoms with van der Waals surface area (Å²) >= 11 is 0. The van der Waals surface area contributed by atoms with Crippen LogP contribution in [0.3, 0.4) is 0 Å². The molecule has 0 saturated carbocycles. The SMILES string of the molecule is CC(C)(C)c1cc(N2C(c3cccc(-c4cccc5oc(-c6ccccc6O)nc45)c3)=N[C@H]3c4ccccc4CCC32)cc(C(C)(C)C)c1. The van der Waals surface area contributed by atoms with Gasteiger partial charge in [-0.2, -0.15) is 0 Å². The van der Waals surface area contributed by atoms with Gasteiger partial charge in [0, 0.05) is 16.8 Å². The minimum atomic E-state index is -0.00279. The summed E-state index contributed by atoms with van der Waals surface area (Å²) in [5.41, 5.74) is 11.7. The third-order valence-electron chi connectivity index (χ3n) is 10.2. The van der Waals surface area contributed by atoms with Gasteiger partial charge in [0.05, 0.1) is 17.6 Å². The summed E-state index contributed by atoms with van der Waals surface area (Å²) < 4.78 is 6.17. The molecular weight excluding hydrogens is 603 g/mol. The molecule has 246 valence electrons. The van der Waals surface area contributed by atoms with E-state index in [4.69, 9.17) is 14.4 Å². The van der Waals surface area contributed by atoms with E-state index in [2.05, 4.69) is 119 Å². The zero-order valence-corrected chi connectivity index (χ0v) is 29.2. The normalized spacial score (nSPS) is 17.6. The Morgan fingerprint density at radius 1 is 0.714 bits per heavy atom. The minimum Gasteiger partial charge on any atom is -0.507 e. The first-order valence-electron chi connectivity index (χ1n) is 17.4. The third-order valence-corrected chi connectivity index (χ3v) is 10.2. The number of anilines is 1. The van der Waals surface area contributed by atoms with Crippen LogP contribution in [0.25, 0.3) is 33.7 Å². The molecule has 0 spiro atoms. The topological polar surface area (TPSA) is 61.9 Å². The van der Waals surface area contributed by atoms with Crippen LogP contribution in [0.1, 0.15) is 81.8 Å².